The minimum Gasteiger partial charge on any atom is -0.497 e. The van der Waals surface area contributed by atoms with Crippen LogP contribution in [-0.4, -0.2) is 30.4 Å². The maximum Gasteiger partial charge on any atom is 0.119 e. The molecule has 2 aliphatic rings. The van der Waals surface area contributed by atoms with Crippen LogP contribution >= 0.6 is 0 Å². The molecule has 3 rings (SSSR count). The number of nitrogens with one attached hydrogen (secondary N) is 1. The van der Waals surface area contributed by atoms with E-state index in [9.17, 15) is 5.11 Å². The van der Waals surface area contributed by atoms with Gasteiger partial charge in [0.25, 0.3) is 0 Å². The number of hydrogen-bond acceptors (Lipinski definition) is 3. The Balaban J connectivity index is 1.60. The summed E-state index contributed by atoms with van der Waals surface area (Å²) in [4.78, 5) is 0. The zero-order chi connectivity index (χ0) is 13.9. The largest absolute Gasteiger partial charge is 0.497 e. The molecule has 0 spiro atoms. The van der Waals surface area contributed by atoms with Crippen molar-refractivity contribution in [2.45, 2.75) is 63.1 Å². The Morgan fingerprint density at radius 3 is 2.60 bits per heavy atom. The molecule has 1 atom stereocenters. The van der Waals surface area contributed by atoms with Crippen LogP contribution in [0.2, 0.25) is 0 Å². The van der Waals surface area contributed by atoms with E-state index in [0.717, 1.165) is 44.3 Å². The summed E-state index contributed by atoms with van der Waals surface area (Å²) in [7, 11) is 1.73. The highest BCUT2D eigenvalue weighted by Crippen LogP contribution is 2.27. The van der Waals surface area contributed by atoms with Crippen LogP contribution < -0.4 is 10.1 Å². The number of rotatable bonds is 3. The fourth-order valence-corrected chi connectivity index (χ4v) is 3.58. The Bertz CT molecular complexity index is 452. The Kier molecular flexibility index (Phi) is 4.27. The summed E-state index contributed by atoms with van der Waals surface area (Å²) >= 11 is 0. The second-order valence-corrected chi connectivity index (χ2v) is 6.25. The number of fused-ring (bicyclic) bond motifs is 1. The van der Waals surface area contributed by atoms with Gasteiger partial charge in [0.15, 0.2) is 0 Å². The molecular weight excluding hydrogens is 250 g/mol. The van der Waals surface area contributed by atoms with Gasteiger partial charge in [0.05, 0.1) is 13.2 Å². The van der Waals surface area contributed by atoms with Gasteiger partial charge in [0, 0.05) is 12.1 Å². The maximum atomic E-state index is 9.58. The predicted octanol–water partition coefficient (Wildman–Crippen LogP) is 2.45. The van der Waals surface area contributed by atoms with E-state index in [0.29, 0.717) is 12.1 Å². The molecule has 0 amide bonds. The van der Waals surface area contributed by atoms with E-state index in [-0.39, 0.29) is 6.10 Å². The van der Waals surface area contributed by atoms with E-state index in [1.54, 1.807) is 7.11 Å². The van der Waals surface area contributed by atoms with Gasteiger partial charge in [-0.3, -0.25) is 0 Å². The standard InChI is InChI=1S/C17H25NO2/c1-20-17-9-3-12-2-4-15(10-13(12)11-17)18-14-5-7-16(19)8-6-14/h3,9,11,14-16,18-19H,2,4-8,10H2,1H3. The minimum atomic E-state index is -0.0654. The van der Waals surface area contributed by atoms with Crippen LogP contribution in [0, 0.1) is 0 Å². The van der Waals surface area contributed by atoms with Crippen molar-refractivity contribution in [3.05, 3.63) is 29.3 Å². The Morgan fingerprint density at radius 2 is 1.85 bits per heavy atom. The summed E-state index contributed by atoms with van der Waals surface area (Å²) in [5.74, 6) is 0.963. The van der Waals surface area contributed by atoms with Crippen molar-refractivity contribution in [2.24, 2.45) is 0 Å². The first-order chi connectivity index (χ1) is 9.74. The van der Waals surface area contributed by atoms with E-state index in [4.69, 9.17) is 4.74 Å². The van der Waals surface area contributed by atoms with E-state index in [2.05, 4.69) is 23.5 Å². The normalized spacial score (nSPS) is 29.8. The molecule has 3 heteroatoms. The van der Waals surface area contributed by atoms with Gasteiger partial charge in [-0.2, -0.15) is 0 Å². The maximum absolute atomic E-state index is 9.58. The molecule has 20 heavy (non-hydrogen) atoms. The third kappa shape index (κ3) is 3.15. The number of hydrogen-bond donors (Lipinski definition) is 2. The highest BCUT2D eigenvalue weighted by atomic mass is 16.5. The fraction of sp³-hybridized carbons (Fsp3) is 0.647. The Labute approximate surface area is 121 Å². The fourth-order valence-electron chi connectivity index (χ4n) is 3.58. The molecule has 0 aliphatic heterocycles. The lowest BCUT2D eigenvalue weighted by atomic mass is 9.86. The lowest BCUT2D eigenvalue weighted by molar-refractivity contribution is 0.113. The average molecular weight is 275 g/mol. The highest BCUT2D eigenvalue weighted by molar-refractivity contribution is 5.37. The van der Waals surface area contributed by atoms with Crippen molar-refractivity contribution in [2.75, 3.05) is 7.11 Å². The van der Waals surface area contributed by atoms with Crippen LogP contribution in [0.3, 0.4) is 0 Å². The first-order valence-corrected chi connectivity index (χ1v) is 7.84. The summed E-state index contributed by atoms with van der Waals surface area (Å²) in [5.41, 5.74) is 2.91. The molecule has 1 aromatic rings. The topological polar surface area (TPSA) is 41.5 Å². The Hall–Kier alpha value is -1.06. The minimum absolute atomic E-state index is 0.0654. The van der Waals surface area contributed by atoms with E-state index >= 15 is 0 Å². The van der Waals surface area contributed by atoms with E-state index < -0.39 is 0 Å². The summed E-state index contributed by atoms with van der Waals surface area (Å²) in [6.45, 7) is 0. The molecule has 0 bridgehead atoms. The van der Waals surface area contributed by atoms with Crippen molar-refractivity contribution in [3.63, 3.8) is 0 Å². The van der Waals surface area contributed by atoms with Crippen LogP contribution in [-0.2, 0) is 12.8 Å². The van der Waals surface area contributed by atoms with Crippen molar-refractivity contribution in [1.82, 2.24) is 5.32 Å². The molecule has 0 heterocycles. The van der Waals surface area contributed by atoms with Crippen LogP contribution in [0.1, 0.15) is 43.2 Å². The van der Waals surface area contributed by atoms with Crippen LogP contribution in [0.25, 0.3) is 0 Å². The van der Waals surface area contributed by atoms with E-state index in [1.807, 2.05) is 0 Å². The van der Waals surface area contributed by atoms with Gasteiger partial charge in [0.1, 0.15) is 5.75 Å². The molecule has 0 aromatic heterocycles. The predicted molar refractivity (Wildman–Crippen MR) is 80.2 cm³/mol. The van der Waals surface area contributed by atoms with Gasteiger partial charge in [-0.05, 0) is 68.2 Å². The second kappa shape index (κ2) is 6.15. The monoisotopic (exact) mass is 275 g/mol. The number of aryl methyl sites for hydroxylation is 1. The molecule has 1 saturated carbocycles. The van der Waals surface area contributed by atoms with Crippen LogP contribution in [0.4, 0.5) is 0 Å². The zero-order valence-corrected chi connectivity index (χ0v) is 12.3. The van der Waals surface area contributed by atoms with Gasteiger partial charge in [0.2, 0.25) is 0 Å². The van der Waals surface area contributed by atoms with Gasteiger partial charge in [-0.15, -0.1) is 0 Å². The summed E-state index contributed by atoms with van der Waals surface area (Å²) < 4.78 is 5.33. The third-order valence-electron chi connectivity index (χ3n) is 4.81. The zero-order valence-electron chi connectivity index (χ0n) is 12.3. The van der Waals surface area contributed by atoms with Crippen molar-refractivity contribution < 1.29 is 9.84 Å². The van der Waals surface area contributed by atoms with Crippen LogP contribution in [0.5, 0.6) is 5.75 Å². The molecular formula is C17H25NO2. The molecule has 2 aliphatic carbocycles. The van der Waals surface area contributed by atoms with Gasteiger partial charge in [-0.1, -0.05) is 6.07 Å². The van der Waals surface area contributed by atoms with Gasteiger partial charge >= 0.3 is 0 Å². The van der Waals surface area contributed by atoms with Gasteiger partial charge in [-0.25, -0.2) is 0 Å². The molecule has 110 valence electrons. The molecule has 3 nitrogen and oxygen atoms in total. The summed E-state index contributed by atoms with van der Waals surface area (Å²) in [6.07, 6.45) is 7.55. The lowest BCUT2D eigenvalue weighted by Crippen LogP contribution is -2.43. The molecule has 0 radical (unpaired) electrons. The van der Waals surface area contributed by atoms with Crippen molar-refractivity contribution >= 4 is 0 Å². The first kappa shape index (κ1) is 13.9. The number of ether oxygens (including phenoxy) is 1. The SMILES string of the molecule is COc1ccc2c(c1)CC(NC1CCC(O)CC1)CC2. The van der Waals surface area contributed by atoms with Crippen LogP contribution in [0.15, 0.2) is 18.2 Å². The molecule has 1 fully saturated rings. The molecule has 0 saturated heterocycles. The Morgan fingerprint density at radius 1 is 1.05 bits per heavy atom. The highest BCUT2D eigenvalue weighted by Gasteiger charge is 2.24. The quantitative estimate of drug-likeness (QED) is 0.890. The first-order valence-electron chi connectivity index (χ1n) is 7.84. The smallest absolute Gasteiger partial charge is 0.119 e. The van der Waals surface area contributed by atoms with Crippen molar-refractivity contribution in [3.8, 4) is 5.75 Å². The van der Waals surface area contributed by atoms with Crippen molar-refractivity contribution in [1.29, 1.82) is 0 Å². The lowest BCUT2D eigenvalue weighted by Gasteiger charge is -2.33. The third-order valence-corrected chi connectivity index (χ3v) is 4.81. The number of methoxy groups -OCH3 is 1. The number of aliphatic hydroxyl groups excluding tert-OH is 1. The number of aliphatic hydroxyl groups is 1. The molecule has 2 N–H and O–H groups in total. The summed E-state index contributed by atoms with van der Waals surface area (Å²) in [6, 6.07) is 7.63. The van der Waals surface area contributed by atoms with E-state index in [1.165, 1.54) is 17.5 Å². The number of benzene rings is 1. The molecule has 1 aromatic carbocycles. The molecule has 1 unspecified atom stereocenters. The second-order valence-electron chi connectivity index (χ2n) is 6.25. The average Bonchev–Trinajstić information content (AvgIpc) is 2.49. The summed E-state index contributed by atoms with van der Waals surface area (Å²) in [5, 5.41) is 13.4. The van der Waals surface area contributed by atoms with Gasteiger partial charge < -0.3 is 15.2 Å².